The minimum absolute atomic E-state index is 0.0888. The van der Waals surface area contributed by atoms with Crippen LogP contribution in [0.3, 0.4) is 0 Å². The zero-order chi connectivity index (χ0) is 14.9. The summed E-state index contributed by atoms with van der Waals surface area (Å²) >= 11 is 0. The molecule has 1 aromatic carbocycles. The van der Waals surface area contributed by atoms with E-state index in [1.807, 2.05) is 12.1 Å². The van der Waals surface area contributed by atoms with E-state index in [2.05, 4.69) is 10.0 Å². The minimum Gasteiger partial charge on any atom is -0.380 e. The van der Waals surface area contributed by atoms with Gasteiger partial charge in [0.2, 0.25) is 10.0 Å². The molecule has 5 nitrogen and oxygen atoms in total. The van der Waals surface area contributed by atoms with Gasteiger partial charge in [-0.25, -0.2) is 13.1 Å². The monoisotopic (exact) mass is 309 g/mol. The number of anilines is 1. The highest BCUT2D eigenvalue weighted by atomic mass is 32.2. The van der Waals surface area contributed by atoms with E-state index < -0.39 is 10.0 Å². The Balaban J connectivity index is 1.81. The van der Waals surface area contributed by atoms with Gasteiger partial charge < -0.3 is 11.1 Å². The van der Waals surface area contributed by atoms with Crippen molar-refractivity contribution >= 4 is 15.7 Å². The van der Waals surface area contributed by atoms with Crippen molar-refractivity contribution in [3.8, 4) is 0 Å². The van der Waals surface area contributed by atoms with Crippen LogP contribution >= 0.6 is 0 Å². The molecule has 0 saturated heterocycles. The molecule has 3 rings (SSSR count). The van der Waals surface area contributed by atoms with Crippen molar-refractivity contribution in [2.75, 3.05) is 5.32 Å². The first kappa shape index (κ1) is 14.8. The molecule has 2 fully saturated rings. The molecule has 0 aliphatic heterocycles. The summed E-state index contributed by atoms with van der Waals surface area (Å²) in [6.45, 7) is 0. The average Bonchev–Trinajstić information content (AvgIpc) is 3.25. The number of hydrogen-bond acceptors (Lipinski definition) is 4. The van der Waals surface area contributed by atoms with E-state index in [0.717, 1.165) is 38.5 Å². The van der Waals surface area contributed by atoms with Crippen molar-refractivity contribution in [2.45, 2.75) is 61.5 Å². The highest BCUT2D eigenvalue weighted by Crippen LogP contribution is 2.28. The molecular formula is C15H23N3O2S. The summed E-state index contributed by atoms with van der Waals surface area (Å²) in [5.74, 6) is 0. The molecule has 2 saturated carbocycles. The van der Waals surface area contributed by atoms with Gasteiger partial charge in [0.25, 0.3) is 0 Å². The Hall–Kier alpha value is -1.11. The first-order valence-electron chi connectivity index (χ1n) is 7.70. The van der Waals surface area contributed by atoms with Crippen LogP contribution in [-0.2, 0) is 10.0 Å². The molecule has 4 N–H and O–H groups in total. The fourth-order valence-electron chi connectivity index (χ4n) is 2.84. The van der Waals surface area contributed by atoms with Gasteiger partial charge in [-0.05, 0) is 37.8 Å². The fraction of sp³-hybridized carbons (Fsp3) is 0.600. The largest absolute Gasteiger partial charge is 0.380 e. The maximum Gasteiger partial charge on any atom is 0.242 e. The van der Waals surface area contributed by atoms with Gasteiger partial charge in [0.05, 0.1) is 5.69 Å². The topological polar surface area (TPSA) is 84.2 Å². The second kappa shape index (κ2) is 5.94. The lowest BCUT2D eigenvalue weighted by Gasteiger charge is -2.30. The average molecular weight is 309 g/mol. The smallest absolute Gasteiger partial charge is 0.242 e. The molecule has 0 bridgehead atoms. The third-order valence-corrected chi connectivity index (χ3v) is 5.81. The van der Waals surface area contributed by atoms with Crippen LogP contribution in [-0.4, -0.2) is 26.5 Å². The summed E-state index contributed by atoms with van der Waals surface area (Å²) < 4.78 is 27.6. The molecule has 6 heteroatoms. The number of hydrogen-bond donors (Lipinski definition) is 3. The maximum absolute atomic E-state index is 12.4. The number of nitrogens with two attached hydrogens (primary N) is 1. The first-order chi connectivity index (χ1) is 10.1. The van der Waals surface area contributed by atoms with E-state index in [1.54, 1.807) is 12.1 Å². The summed E-state index contributed by atoms with van der Waals surface area (Å²) in [7, 11) is -3.45. The zero-order valence-electron chi connectivity index (χ0n) is 12.1. The number of rotatable bonds is 5. The summed E-state index contributed by atoms with van der Waals surface area (Å²) in [5.41, 5.74) is 6.81. The summed E-state index contributed by atoms with van der Waals surface area (Å²) in [6.07, 6.45) is 6.15. The predicted octanol–water partition coefficient (Wildman–Crippen LogP) is 1.81. The fourth-order valence-corrected chi connectivity index (χ4v) is 4.32. The number of sulfonamides is 1. The van der Waals surface area contributed by atoms with E-state index in [0.29, 0.717) is 10.6 Å². The van der Waals surface area contributed by atoms with Crippen LogP contribution in [0.4, 0.5) is 5.69 Å². The number of para-hydroxylation sites is 1. The zero-order valence-corrected chi connectivity index (χ0v) is 12.9. The highest BCUT2D eigenvalue weighted by molar-refractivity contribution is 7.89. The lowest BCUT2D eigenvalue weighted by molar-refractivity contribution is 0.403. The van der Waals surface area contributed by atoms with Gasteiger partial charge in [-0.2, -0.15) is 0 Å². The standard InChI is InChI=1S/C15H23N3O2S/c16-12-5-1-2-6-13(12)17-14-7-3-4-8-15(14)21(19,20)18-11-9-10-11/h3-4,7-8,11-13,17-18H,1-2,5-6,9-10,16H2/t12-,13-/m1/s1. The summed E-state index contributed by atoms with van der Waals surface area (Å²) in [4.78, 5) is 0.328. The van der Waals surface area contributed by atoms with Crippen LogP contribution in [0, 0.1) is 0 Å². The van der Waals surface area contributed by atoms with E-state index >= 15 is 0 Å². The van der Waals surface area contributed by atoms with E-state index in [9.17, 15) is 8.42 Å². The molecular weight excluding hydrogens is 286 g/mol. The molecule has 21 heavy (non-hydrogen) atoms. The van der Waals surface area contributed by atoms with Gasteiger partial charge in [-0.1, -0.05) is 25.0 Å². The Morgan fingerprint density at radius 3 is 2.48 bits per heavy atom. The van der Waals surface area contributed by atoms with Crippen molar-refractivity contribution in [3.05, 3.63) is 24.3 Å². The maximum atomic E-state index is 12.4. The molecule has 0 spiro atoms. The Kier molecular flexibility index (Phi) is 4.19. The number of nitrogens with one attached hydrogen (secondary N) is 2. The van der Waals surface area contributed by atoms with Crippen molar-refractivity contribution in [1.29, 1.82) is 0 Å². The van der Waals surface area contributed by atoms with E-state index in [-0.39, 0.29) is 18.1 Å². The van der Waals surface area contributed by atoms with Crippen molar-refractivity contribution in [3.63, 3.8) is 0 Å². The number of benzene rings is 1. The predicted molar refractivity (Wildman–Crippen MR) is 83.6 cm³/mol. The third-order valence-electron chi connectivity index (χ3n) is 4.24. The molecule has 0 aromatic heterocycles. The Bertz CT molecular complexity index is 599. The quantitative estimate of drug-likeness (QED) is 0.774. The Morgan fingerprint density at radius 2 is 1.76 bits per heavy atom. The van der Waals surface area contributed by atoms with Gasteiger partial charge in [0, 0.05) is 18.1 Å². The van der Waals surface area contributed by atoms with Gasteiger partial charge in [-0.3, -0.25) is 0 Å². The van der Waals surface area contributed by atoms with Gasteiger partial charge in [0.1, 0.15) is 4.90 Å². The second-order valence-electron chi connectivity index (χ2n) is 6.09. The highest BCUT2D eigenvalue weighted by Gasteiger charge is 2.30. The summed E-state index contributed by atoms with van der Waals surface area (Å²) in [6, 6.07) is 7.44. The van der Waals surface area contributed by atoms with Crippen LogP contribution in [0.5, 0.6) is 0 Å². The van der Waals surface area contributed by atoms with Crippen LogP contribution < -0.4 is 15.8 Å². The molecule has 116 valence electrons. The molecule has 0 heterocycles. The molecule has 2 aliphatic rings. The summed E-state index contributed by atoms with van der Waals surface area (Å²) in [5, 5.41) is 3.35. The van der Waals surface area contributed by atoms with Crippen LogP contribution in [0.25, 0.3) is 0 Å². The molecule has 0 radical (unpaired) electrons. The lowest BCUT2D eigenvalue weighted by atomic mass is 9.91. The van der Waals surface area contributed by atoms with Crippen LogP contribution in [0.2, 0.25) is 0 Å². The van der Waals surface area contributed by atoms with Crippen molar-refractivity contribution in [1.82, 2.24) is 4.72 Å². The van der Waals surface area contributed by atoms with Gasteiger partial charge >= 0.3 is 0 Å². The van der Waals surface area contributed by atoms with E-state index in [1.165, 1.54) is 0 Å². The minimum atomic E-state index is -3.45. The lowest BCUT2D eigenvalue weighted by Crippen LogP contribution is -2.43. The van der Waals surface area contributed by atoms with E-state index in [4.69, 9.17) is 5.73 Å². The third kappa shape index (κ3) is 3.56. The SMILES string of the molecule is N[C@@H]1CCCC[C@H]1Nc1ccccc1S(=O)(=O)NC1CC1. The molecule has 2 aliphatic carbocycles. The van der Waals surface area contributed by atoms with Gasteiger partial charge in [-0.15, -0.1) is 0 Å². The molecule has 0 unspecified atom stereocenters. The van der Waals surface area contributed by atoms with Crippen molar-refractivity contribution in [2.24, 2.45) is 5.73 Å². The van der Waals surface area contributed by atoms with Crippen molar-refractivity contribution < 1.29 is 8.42 Å². The second-order valence-corrected chi connectivity index (χ2v) is 7.77. The Morgan fingerprint density at radius 1 is 1.05 bits per heavy atom. The normalized spacial score (nSPS) is 26.5. The van der Waals surface area contributed by atoms with Gasteiger partial charge in [0.15, 0.2) is 0 Å². The molecule has 1 aromatic rings. The van der Waals surface area contributed by atoms with Crippen LogP contribution in [0.15, 0.2) is 29.2 Å². The first-order valence-corrected chi connectivity index (χ1v) is 9.18. The van der Waals surface area contributed by atoms with Crippen LogP contribution in [0.1, 0.15) is 38.5 Å². The molecule has 2 atom stereocenters. The Labute approximate surface area is 126 Å². The molecule has 0 amide bonds.